The molecule has 2 aromatic carbocycles. The van der Waals surface area contributed by atoms with E-state index in [9.17, 15) is 55.1 Å². The van der Waals surface area contributed by atoms with Gasteiger partial charge in [-0.25, -0.2) is 0 Å². The summed E-state index contributed by atoms with van der Waals surface area (Å²) in [6.45, 7) is 2.21. The number of ether oxygens (including phenoxy) is 2. The van der Waals surface area contributed by atoms with Crippen LogP contribution in [-0.2, 0) is 19.2 Å². The molecule has 0 radical (unpaired) electrons. The Morgan fingerprint density at radius 2 is 1.08 bits per heavy atom. The molecule has 0 spiro atoms. The topological polar surface area (TPSA) is 151 Å². The number of nitrogens with one attached hydrogen (secondary N) is 2. The van der Waals surface area contributed by atoms with E-state index in [-0.39, 0.29) is 86.7 Å². The number of ketones is 2. The van der Waals surface area contributed by atoms with E-state index in [1.807, 2.05) is 22.6 Å². The average Bonchev–Trinajstić information content (AvgIpc) is 3.10. The van der Waals surface area contributed by atoms with Crippen molar-refractivity contribution >= 4 is 69.2 Å². The molecule has 12 nitrogen and oxygen atoms in total. The van der Waals surface area contributed by atoms with Crippen LogP contribution in [0.15, 0.2) is 30.3 Å². The number of rotatable bonds is 8. The first kappa shape index (κ1) is 43.0. The van der Waals surface area contributed by atoms with Gasteiger partial charge in [0, 0.05) is 73.3 Å². The molecule has 0 unspecified atom stereocenters. The van der Waals surface area contributed by atoms with E-state index in [2.05, 4.69) is 10.6 Å². The minimum atomic E-state index is -4.91. The molecular weight excluding hydrogens is 833 g/mol. The summed E-state index contributed by atoms with van der Waals surface area (Å²) in [5.74, 6) is -5.24. The number of nitrogens with zero attached hydrogens (tertiary/aromatic N) is 2. The Kier molecular flexibility index (Phi) is 14.6. The summed E-state index contributed by atoms with van der Waals surface area (Å²) in [5, 5.41) is 5.21. The quantitative estimate of drug-likeness (QED) is 0.190. The third-order valence-corrected chi connectivity index (χ3v) is 9.34. The minimum absolute atomic E-state index is 0.124. The first-order chi connectivity index (χ1) is 24.7. The first-order valence-corrected chi connectivity index (χ1v) is 17.2. The number of benzene rings is 2. The molecule has 0 saturated carbocycles. The molecule has 0 bridgehead atoms. The van der Waals surface area contributed by atoms with E-state index < -0.39 is 36.0 Å². The number of hydrogen-bond donors (Lipinski definition) is 2. The van der Waals surface area contributed by atoms with E-state index in [1.165, 1.54) is 40.2 Å². The largest absolute Gasteiger partial charge is 0.496 e. The summed E-state index contributed by atoms with van der Waals surface area (Å²) in [6, 6.07) is 7.70. The second-order valence-electron chi connectivity index (χ2n) is 12.2. The number of methoxy groups -OCH3 is 2. The average molecular weight is 871 g/mol. The summed E-state index contributed by atoms with van der Waals surface area (Å²) in [6.07, 6.45) is -9.22. The fourth-order valence-electron chi connectivity index (χ4n) is 5.86. The molecule has 19 heteroatoms. The molecular formula is C34H37F6IN4O8. The summed E-state index contributed by atoms with van der Waals surface area (Å²) in [4.78, 5) is 71.9. The zero-order valence-corrected chi connectivity index (χ0v) is 31.2. The number of alkyl halides is 6. The standard InChI is InChI=1S/C17H18F3IN2O4.C17H19F3N2O4/c1-9(24)22-13-8-14(27-2)11(7-12(13)21)15(25)10-3-5-23(6-4-10)16(26)17(18,19)20;1-10(23)21-12-3-4-13(14(9-12)26-2)15(24)11-5-7-22(8-6-11)16(25)17(18,19)20/h7-8,10H,3-6H2,1-2H3,(H,22,24);3-4,9,11H,5-8H2,1-2H3,(H,21,23). The lowest BCUT2D eigenvalue weighted by Gasteiger charge is -2.32. The predicted molar refractivity (Wildman–Crippen MR) is 187 cm³/mol. The van der Waals surface area contributed by atoms with Crippen LogP contribution in [0, 0.1) is 15.4 Å². The van der Waals surface area contributed by atoms with Crippen molar-refractivity contribution in [3.63, 3.8) is 0 Å². The third-order valence-electron chi connectivity index (χ3n) is 8.44. The van der Waals surface area contributed by atoms with Gasteiger partial charge in [-0.2, -0.15) is 26.3 Å². The van der Waals surface area contributed by atoms with Crippen LogP contribution in [0.5, 0.6) is 11.5 Å². The van der Waals surface area contributed by atoms with Crippen LogP contribution in [0.3, 0.4) is 0 Å². The maximum absolute atomic E-state index is 12.8. The number of carbonyl (C=O) groups is 6. The number of carbonyl (C=O) groups excluding carboxylic acids is 6. The van der Waals surface area contributed by atoms with Crippen molar-refractivity contribution in [1.29, 1.82) is 0 Å². The van der Waals surface area contributed by atoms with Crippen molar-refractivity contribution in [2.24, 2.45) is 11.8 Å². The Labute approximate surface area is 314 Å². The van der Waals surface area contributed by atoms with Crippen molar-refractivity contribution in [3.05, 3.63) is 45.0 Å². The van der Waals surface area contributed by atoms with Gasteiger partial charge in [-0.15, -0.1) is 0 Å². The summed E-state index contributed by atoms with van der Waals surface area (Å²) in [5.41, 5.74) is 1.57. The lowest BCUT2D eigenvalue weighted by atomic mass is 9.88. The third kappa shape index (κ3) is 11.5. The highest BCUT2D eigenvalue weighted by Gasteiger charge is 2.45. The molecule has 2 aromatic rings. The fraction of sp³-hybridized carbons (Fsp3) is 0.471. The molecule has 0 aromatic heterocycles. The molecule has 290 valence electrons. The molecule has 0 aliphatic carbocycles. The second-order valence-corrected chi connectivity index (χ2v) is 13.3. The summed E-state index contributed by atoms with van der Waals surface area (Å²) < 4.78 is 86.1. The van der Waals surface area contributed by atoms with Crippen molar-refractivity contribution in [2.75, 3.05) is 51.0 Å². The highest BCUT2D eigenvalue weighted by atomic mass is 127. The predicted octanol–water partition coefficient (Wildman–Crippen LogP) is 5.88. The van der Waals surface area contributed by atoms with E-state index in [4.69, 9.17) is 9.47 Å². The van der Waals surface area contributed by atoms with Crippen molar-refractivity contribution < 1.29 is 64.6 Å². The van der Waals surface area contributed by atoms with Gasteiger partial charge in [0.2, 0.25) is 11.8 Å². The number of hydrogen-bond acceptors (Lipinski definition) is 8. The van der Waals surface area contributed by atoms with Gasteiger partial charge >= 0.3 is 24.2 Å². The Hall–Kier alpha value is -4.43. The SMILES string of the molecule is COc1cc(NC(C)=O)c(I)cc1C(=O)C1CCN(C(=O)C(F)(F)F)CC1.COc1cc(NC(C)=O)ccc1C(=O)C1CCN(C(=O)C(F)(F)F)CC1. The van der Waals surface area contributed by atoms with Crippen LogP contribution < -0.4 is 20.1 Å². The summed E-state index contributed by atoms with van der Waals surface area (Å²) in [7, 11) is 2.77. The van der Waals surface area contributed by atoms with Crippen LogP contribution in [0.4, 0.5) is 37.7 Å². The highest BCUT2D eigenvalue weighted by Crippen LogP contribution is 2.34. The zero-order valence-electron chi connectivity index (χ0n) is 29.0. The number of Topliss-reactive ketones (excluding diaryl/α,β-unsaturated/α-hetero) is 2. The van der Waals surface area contributed by atoms with Crippen LogP contribution in [0.25, 0.3) is 0 Å². The van der Waals surface area contributed by atoms with Crippen LogP contribution in [0.2, 0.25) is 0 Å². The molecule has 0 atom stereocenters. The Balaban J connectivity index is 0.000000286. The summed E-state index contributed by atoms with van der Waals surface area (Å²) >= 11 is 1.98. The van der Waals surface area contributed by atoms with Crippen LogP contribution in [0.1, 0.15) is 60.2 Å². The van der Waals surface area contributed by atoms with Crippen molar-refractivity contribution in [1.82, 2.24) is 9.80 Å². The van der Waals surface area contributed by atoms with Gasteiger partial charge in [0.1, 0.15) is 11.5 Å². The van der Waals surface area contributed by atoms with Crippen molar-refractivity contribution in [3.8, 4) is 11.5 Å². The van der Waals surface area contributed by atoms with Crippen LogP contribution in [-0.4, -0.2) is 97.7 Å². The first-order valence-electron chi connectivity index (χ1n) is 16.1. The molecule has 4 rings (SSSR count). The molecule has 2 fully saturated rings. The fourth-order valence-corrected chi connectivity index (χ4v) is 6.47. The van der Waals surface area contributed by atoms with Gasteiger partial charge in [0.05, 0.1) is 31.0 Å². The van der Waals surface area contributed by atoms with Gasteiger partial charge in [-0.05, 0) is 66.5 Å². The lowest BCUT2D eigenvalue weighted by Crippen LogP contribution is -2.46. The molecule has 4 amide bonds. The molecule has 2 heterocycles. The van der Waals surface area contributed by atoms with Gasteiger partial charge in [-0.3, -0.25) is 28.8 Å². The molecule has 2 aliphatic rings. The number of anilines is 2. The number of amides is 4. The molecule has 2 N–H and O–H groups in total. The van der Waals surface area contributed by atoms with E-state index in [0.717, 1.165) is 9.80 Å². The maximum Gasteiger partial charge on any atom is 0.471 e. The zero-order chi connectivity index (χ0) is 39.8. The Bertz CT molecular complexity index is 1720. The van der Waals surface area contributed by atoms with E-state index in [0.29, 0.717) is 26.1 Å². The second kappa shape index (κ2) is 18.1. The van der Waals surface area contributed by atoms with Gasteiger partial charge < -0.3 is 29.9 Å². The number of halogens is 7. The van der Waals surface area contributed by atoms with E-state index in [1.54, 1.807) is 18.2 Å². The monoisotopic (exact) mass is 870 g/mol. The smallest absolute Gasteiger partial charge is 0.471 e. The molecule has 2 saturated heterocycles. The van der Waals surface area contributed by atoms with Crippen LogP contribution >= 0.6 is 22.6 Å². The van der Waals surface area contributed by atoms with Gasteiger partial charge in [0.25, 0.3) is 0 Å². The Morgan fingerprint density at radius 3 is 1.47 bits per heavy atom. The van der Waals surface area contributed by atoms with E-state index >= 15 is 0 Å². The normalized spacial score (nSPS) is 15.5. The Morgan fingerprint density at radius 1 is 0.660 bits per heavy atom. The number of likely N-dealkylation sites (tertiary alicyclic amines) is 2. The number of piperidine rings is 2. The molecule has 2 aliphatic heterocycles. The van der Waals surface area contributed by atoms with Crippen molar-refractivity contribution in [2.45, 2.75) is 51.9 Å². The van der Waals surface area contributed by atoms with Gasteiger partial charge in [-0.1, -0.05) is 0 Å². The maximum atomic E-state index is 12.8. The molecule has 53 heavy (non-hydrogen) atoms. The lowest BCUT2D eigenvalue weighted by molar-refractivity contribution is -0.186. The van der Waals surface area contributed by atoms with Gasteiger partial charge in [0.15, 0.2) is 11.6 Å². The minimum Gasteiger partial charge on any atom is -0.496 e. The highest BCUT2D eigenvalue weighted by molar-refractivity contribution is 14.1.